The molecule has 0 saturated carbocycles. The minimum Gasteiger partial charge on any atom is -0.490 e. The van der Waals surface area contributed by atoms with Crippen molar-refractivity contribution in [1.82, 2.24) is 5.01 Å². The molecule has 11 nitrogen and oxygen atoms in total. The van der Waals surface area contributed by atoms with Crippen LogP contribution in [-0.4, -0.2) is 46.6 Å². The minimum absolute atomic E-state index is 0.0675. The van der Waals surface area contributed by atoms with Gasteiger partial charge in [0.1, 0.15) is 5.71 Å². The summed E-state index contributed by atoms with van der Waals surface area (Å²) in [5.41, 5.74) is -1.20. The first kappa shape index (κ1) is 23.0. The van der Waals surface area contributed by atoms with Crippen molar-refractivity contribution >= 4 is 23.4 Å². The van der Waals surface area contributed by atoms with Crippen molar-refractivity contribution in [2.24, 2.45) is 10.8 Å². The fourth-order valence-corrected chi connectivity index (χ4v) is 3.12. The third kappa shape index (κ3) is 5.19. The van der Waals surface area contributed by atoms with Crippen LogP contribution in [0.1, 0.15) is 25.8 Å². The van der Waals surface area contributed by atoms with Gasteiger partial charge in [0.25, 0.3) is 5.88 Å². The van der Waals surface area contributed by atoms with Crippen molar-refractivity contribution in [1.29, 1.82) is 5.26 Å². The van der Waals surface area contributed by atoms with E-state index in [1.54, 1.807) is 20.1 Å². The van der Waals surface area contributed by atoms with Crippen LogP contribution in [0.2, 0.25) is 0 Å². The number of esters is 1. The molecule has 2 N–H and O–H groups in total. The summed E-state index contributed by atoms with van der Waals surface area (Å²) in [4.78, 5) is 27.3. The number of allylic oxidation sites excluding steroid dienone is 1. The number of nitro groups is 1. The van der Waals surface area contributed by atoms with Gasteiger partial charge in [-0.2, -0.15) is 5.26 Å². The van der Waals surface area contributed by atoms with Crippen LogP contribution in [0.25, 0.3) is 0 Å². The predicted octanol–water partition coefficient (Wildman–Crippen LogP) is 2.01. The molecule has 0 amide bonds. The van der Waals surface area contributed by atoms with E-state index in [9.17, 15) is 20.2 Å². The van der Waals surface area contributed by atoms with E-state index < -0.39 is 28.5 Å². The summed E-state index contributed by atoms with van der Waals surface area (Å²) in [6, 6.07) is 6.40. The Labute approximate surface area is 177 Å². The molecule has 0 saturated heterocycles. The van der Waals surface area contributed by atoms with Gasteiger partial charge in [0.15, 0.2) is 17.0 Å². The number of carbonyl (C=O) groups is 1. The van der Waals surface area contributed by atoms with Crippen LogP contribution in [-0.2, 0) is 9.53 Å². The highest BCUT2D eigenvalue weighted by molar-refractivity contribution is 7.99. The number of aliphatic imine (C=N–C) groups is 1. The molecule has 1 aromatic rings. The molecule has 2 rings (SSSR count). The highest BCUT2D eigenvalue weighted by Gasteiger charge is 2.39. The first-order chi connectivity index (χ1) is 14.4. The van der Waals surface area contributed by atoms with E-state index in [0.29, 0.717) is 6.61 Å². The van der Waals surface area contributed by atoms with E-state index in [-0.39, 0.29) is 35.3 Å². The second-order valence-electron chi connectivity index (χ2n) is 5.75. The molecule has 0 aromatic heterocycles. The van der Waals surface area contributed by atoms with E-state index >= 15 is 0 Å². The summed E-state index contributed by atoms with van der Waals surface area (Å²) < 4.78 is 16.2. The van der Waals surface area contributed by atoms with Crippen molar-refractivity contribution in [3.8, 4) is 17.6 Å². The number of carbonyl (C=O) groups excluding carboxylic acids is 1. The second kappa shape index (κ2) is 10.5. The Hall–Kier alpha value is -3.30. The van der Waals surface area contributed by atoms with Gasteiger partial charge in [-0.3, -0.25) is 14.9 Å². The van der Waals surface area contributed by atoms with Crippen molar-refractivity contribution in [3.05, 3.63) is 45.5 Å². The molecular formula is C18H21N5O6S. The lowest BCUT2D eigenvalue weighted by molar-refractivity contribution is -0.419. The number of nitrogens with two attached hydrogens (primary N) is 1. The van der Waals surface area contributed by atoms with Gasteiger partial charge in [-0.25, -0.2) is 15.8 Å². The third-order valence-corrected chi connectivity index (χ3v) is 4.56. The van der Waals surface area contributed by atoms with Crippen LogP contribution < -0.4 is 15.3 Å². The number of nitrogens with zero attached hydrogens (tertiary/aromatic N) is 4. The lowest BCUT2D eigenvalue weighted by atomic mass is 10.2. The fourth-order valence-electron chi connectivity index (χ4n) is 2.57. The average Bonchev–Trinajstić information content (AvgIpc) is 2.71. The number of hydrogen-bond donors (Lipinski definition) is 1. The summed E-state index contributed by atoms with van der Waals surface area (Å²) in [6.07, 6.45) is 1.28. The first-order valence-corrected chi connectivity index (χ1v) is 10.2. The van der Waals surface area contributed by atoms with Crippen molar-refractivity contribution in [2.45, 2.75) is 25.8 Å². The Bertz CT molecular complexity index is 926. The Kier molecular flexibility index (Phi) is 8.02. The van der Waals surface area contributed by atoms with E-state index in [0.717, 1.165) is 5.01 Å². The maximum atomic E-state index is 11.9. The maximum Gasteiger partial charge on any atom is 0.352 e. The number of ether oxygens (including phenoxy) is 3. The molecule has 1 heterocycles. The van der Waals surface area contributed by atoms with Crippen LogP contribution in [0.3, 0.4) is 0 Å². The Morgan fingerprint density at radius 1 is 1.40 bits per heavy atom. The van der Waals surface area contributed by atoms with Gasteiger partial charge in [-0.1, -0.05) is 0 Å². The quantitative estimate of drug-likeness (QED) is 0.264. The highest BCUT2D eigenvalue weighted by Crippen LogP contribution is 2.34. The Morgan fingerprint density at radius 2 is 2.13 bits per heavy atom. The molecule has 0 aliphatic carbocycles. The molecular weight excluding hydrogens is 414 g/mol. The zero-order valence-electron chi connectivity index (χ0n) is 16.7. The number of hydrogen-bond acceptors (Lipinski definition) is 11. The van der Waals surface area contributed by atoms with Crippen molar-refractivity contribution in [2.75, 3.05) is 19.5 Å². The number of nitriles is 1. The molecule has 1 unspecified atom stereocenters. The van der Waals surface area contributed by atoms with E-state index in [1.807, 2.05) is 6.07 Å². The molecule has 30 heavy (non-hydrogen) atoms. The molecule has 1 aromatic carbocycles. The Balaban J connectivity index is 2.57. The molecule has 0 fully saturated rings. The molecule has 1 atom stereocenters. The number of hydrazine groups is 1. The molecule has 0 spiro atoms. The normalized spacial score (nSPS) is 15.9. The van der Waals surface area contributed by atoms with Gasteiger partial charge in [-0.05, 0) is 32.2 Å². The third-order valence-electron chi connectivity index (χ3n) is 3.80. The van der Waals surface area contributed by atoms with E-state index in [1.165, 1.54) is 30.0 Å². The molecule has 0 bridgehead atoms. The van der Waals surface area contributed by atoms with Gasteiger partial charge >= 0.3 is 11.7 Å². The summed E-state index contributed by atoms with van der Waals surface area (Å²) >= 11 is 1.19. The lowest BCUT2D eigenvalue weighted by Crippen LogP contribution is -2.45. The topological polar surface area (TPSA) is 153 Å². The fraction of sp³-hybridized carbons (Fsp3) is 0.389. The lowest BCUT2D eigenvalue weighted by Gasteiger charge is -2.30. The molecule has 160 valence electrons. The largest absolute Gasteiger partial charge is 0.490 e. The number of thioether (sulfide) groups is 1. The van der Waals surface area contributed by atoms with Gasteiger partial charge in [-0.15, -0.1) is 11.8 Å². The van der Waals surface area contributed by atoms with Crippen LogP contribution in [0.4, 0.5) is 0 Å². The molecule has 1 aliphatic heterocycles. The smallest absolute Gasteiger partial charge is 0.352 e. The zero-order valence-corrected chi connectivity index (χ0v) is 17.5. The van der Waals surface area contributed by atoms with Gasteiger partial charge in [0, 0.05) is 6.07 Å². The number of benzene rings is 1. The molecule has 1 aliphatic rings. The van der Waals surface area contributed by atoms with Crippen LogP contribution >= 0.6 is 11.8 Å². The average molecular weight is 435 g/mol. The monoisotopic (exact) mass is 435 g/mol. The van der Waals surface area contributed by atoms with Crippen LogP contribution in [0.5, 0.6) is 11.5 Å². The van der Waals surface area contributed by atoms with Crippen LogP contribution in [0.15, 0.2) is 34.8 Å². The van der Waals surface area contributed by atoms with Gasteiger partial charge in [0.2, 0.25) is 0 Å². The highest BCUT2D eigenvalue weighted by atomic mass is 32.2. The maximum absolute atomic E-state index is 11.9. The molecule has 0 radical (unpaired) electrons. The zero-order chi connectivity index (χ0) is 22.3. The summed E-state index contributed by atoms with van der Waals surface area (Å²) in [5.74, 6) is 5.40. The van der Waals surface area contributed by atoms with E-state index in [4.69, 9.17) is 20.1 Å². The standard InChI is InChI=1S/C18H21N5O6S/c1-4-27-13-7-6-11(10-19)8-14(13)29-17-16(23(25)26)12(9-15(24)28-5-2)21-18(30-3)22(17)20/h6-8,18H,4-5,9,20H2,1-3H3. The van der Waals surface area contributed by atoms with Crippen molar-refractivity contribution in [3.63, 3.8) is 0 Å². The summed E-state index contributed by atoms with van der Waals surface area (Å²) in [5, 5.41) is 22.0. The Morgan fingerprint density at radius 3 is 2.70 bits per heavy atom. The molecule has 12 heteroatoms. The van der Waals surface area contributed by atoms with Crippen LogP contribution in [0, 0.1) is 21.4 Å². The summed E-state index contributed by atoms with van der Waals surface area (Å²) in [7, 11) is 0. The van der Waals surface area contributed by atoms with Gasteiger partial charge in [0.05, 0.1) is 36.2 Å². The minimum atomic E-state index is -0.775. The second-order valence-corrected chi connectivity index (χ2v) is 6.64. The summed E-state index contributed by atoms with van der Waals surface area (Å²) in [6.45, 7) is 3.82. The predicted molar refractivity (Wildman–Crippen MR) is 109 cm³/mol. The number of rotatable bonds is 9. The first-order valence-electron chi connectivity index (χ1n) is 8.89. The van der Waals surface area contributed by atoms with E-state index in [2.05, 4.69) is 4.99 Å². The SMILES string of the molecule is CCOC(=O)CC1=NC(SC)N(N)C(Oc2cc(C#N)ccc2OCC)=C1[N+](=O)[O-]. The van der Waals surface area contributed by atoms with Crippen molar-refractivity contribution < 1.29 is 23.9 Å². The van der Waals surface area contributed by atoms with Gasteiger partial charge < -0.3 is 14.2 Å².